The van der Waals surface area contributed by atoms with Crippen LogP contribution in [-0.4, -0.2) is 51.5 Å². The molecular formula is C28H40O6. The Morgan fingerprint density at radius 1 is 1.18 bits per heavy atom. The summed E-state index contributed by atoms with van der Waals surface area (Å²) in [5.41, 5.74) is -1.23. The molecule has 0 saturated heterocycles. The number of aliphatic hydroxyl groups excluding tert-OH is 3. The molecule has 188 valence electrons. The number of rotatable bonds is 5. The van der Waals surface area contributed by atoms with Crippen molar-refractivity contribution in [3.8, 4) is 0 Å². The fourth-order valence-corrected chi connectivity index (χ4v) is 8.88. The number of carbonyl (C=O) groups is 2. The SMILES string of the molecule is C[C@]12C=CC(=O)C=C1CCC1C2[C@@H](O)C[C@@]2(C)C1CC[C@]2(O[C@@H](O)C1CCCCC1)C(=O)CO. The van der Waals surface area contributed by atoms with Gasteiger partial charge in [0.25, 0.3) is 0 Å². The molecule has 0 bridgehead atoms. The zero-order chi connectivity index (χ0) is 24.3. The summed E-state index contributed by atoms with van der Waals surface area (Å²) >= 11 is 0. The average molecular weight is 473 g/mol. The second-order valence-corrected chi connectivity index (χ2v) is 12.1. The number of fused-ring (bicyclic) bond motifs is 5. The number of hydrogen-bond acceptors (Lipinski definition) is 6. The van der Waals surface area contributed by atoms with Gasteiger partial charge < -0.3 is 20.1 Å². The van der Waals surface area contributed by atoms with Gasteiger partial charge in [0.05, 0.1) is 6.10 Å². The van der Waals surface area contributed by atoms with Crippen molar-refractivity contribution in [2.24, 2.45) is 34.5 Å². The molecule has 0 aromatic rings. The molecule has 0 heterocycles. The van der Waals surface area contributed by atoms with Crippen LogP contribution in [0.4, 0.5) is 0 Å². The lowest BCUT2D eigenvalue weighted by Crippen LogP contribution is -2.63. The van der Waals surface area contributed by atoms with E-state index < -0.39 is 30.0 Å². The number of ketones is 2. The lowest BCUT2D eigenvalue weighted by molar-refractivity contribution is -0.255. The normalized spacial score (nSPS) is 45.2. The molecule has 4 fully saturated rings. The van der Waals surface area contributed by atoms with Crippen molar-refractivity contribution in [2.45, 2.75) is 96.1 Å². The van der Waals surface area contributed by atoms with Crippen LogP contribution in [0, 0.1) is 34.5 Å². The van der Waals surface area contributed by atoms with E-state index in [1.807, 2.05) is 13.0 Å². The monoisotopic (exact) mass is 472 g/mol. The first-order chi connectivity index (χ1) is 16.2. The number of aliphatic hydroxyl groups is 3. The first kappa shape index (κ1) is 24.4. The molecule has 0 aliphatic heterocycles. The van der Waals surface area contributed by atoms with E-state index in [-0.39, 0.29) is 40.7 Å². The van der Waals surface area contributed by atoms with Crippen LogP contribution in [0.2, 0.25) is 0 Å². The van der Waals surface area contributed by atoms with Crippen LogP contribution in [0.25, 0.3) is 0 Å². The predicted octanol–water partition coefficient (Wildman–Crippen LogP) is 3.48. The zero-order valence-corrected chi connectivity index (χ0v) is 20.5. The van der Waals surface area contributed by atoms with Crippen molar-refractivity contribution in [3.63, 3.8) is 0 Å². The molecule has 3 unspecified atom stereocenters. The highest BCUT2D eigenvalue weighted by atomic mass is 16.6. The first-order valence-electron chi connectivity index (χ1n) is 13.3. The van der Waals surface area contributed by atoms with Gasteiger partial charge in [-0.15, -0.1) is 0 Å². The van der Waals surface area contributed by atoms with Crippen LogP contribution < -0.4 is 0 Å². The Kier molecular flexibility index (Phi) is 6.20. The molecule has 6 heteroatoms. The molecule has 5 rings (SSSR count). The second kappa shape index (κ2) is 8.65. The Morgan fingerprint density at radius 2 is 1.91 bits per heavy atom. The van der Waals surface area contributed by atoms with Gasteiger partial charge in [0, 0.05) is 22.7 Å². The summed E-state index contributed by atoms with van der Waals surface area (Å²) in [5, 5.41) is 32.7. The Hall–Kier alpha value is -1.34. The molecule has 34 heavy (non-hydrogen) atoms. The van der Waals surface area contributed by atoms with E-state index in [1.54, 1.807) is 12.2 Å². The number of ether oxygens (including phenoxy) is 1. The summed E-state index contributed by atoms with van der Waals surface area (Å²) in [6.45, 7) is 3.55. The highest BCUT2D eigenvalue weighted by Crippen LogP contribution is 2.68. The van der Waals surface area contributed by atoms with Gasteiger partial charge in [-0.2, -0.15) is 0 Å². The predicted molar refractivity (Wildman–Crippen MR) is 126 cm³/mol. The largest absolute Gasteiger partial charge is 0.393 e. The summed E-state index contributed by atoms with van der Waals surface area (Å²) < 4.78 is 6.40. The van der Waals surface area contributed by atoms with Crippen LogP contribution in [0.3, 0.4) is 0 Å². The molecule has 4 saturated carbocycles. The molecule has 8 atom stereocenters. The van der Waals surface area contributed by atoms with Crippen molar-refractivity contribution in [1.29, 1.82) is 0 Å². The fourth-order valence-electron chi connectivity index (χ4n) is 8.88. The van der Waals surface area contributed by atoms with E-state index in [0.29, 0.717) is 12.8 Å². The van der Waals surface area contributed by atoms with E-state index in [1.165, 1.54) is 0 Å². The topological polar surface area (TPSA) is 104 Å². The maximum atomic E-state index is 13.4. The van der Waals surface area contributed by atoms with Crippen LogP contribution in [0.15, 0.2) is 23.8 Å². The smallest absolute Gasteiger partial charge is 0.190 e. The molecule has 0 aromatic heterocycles. The van der Waals surface area contributed by atoms with E-state index >= 15 is 0 Å². The maximum Gasteiger partial charge on any atom is 0.190 e. The van der Waals surface area contributed by atoms with Gasteiger partial charge in [0.15, 0.2) is 17.9 Å². The Bertz CT molecular complexity index is 903. The van der Waals surface area contributed by atoms with E-state index in [9.17, 15) is 24.9 Å². The maximum absolute atomic E-state index is 13.4. The molecular weight excluding hydrogens is 432 g/mol. The van der Waals surface area contributed by atoms with E-state index in [2.05, 4.69) is 6.92 Å². The van der Waals surface area contributed by atoms with Gasteiger partial charge in [-0.25, -0.2) is 0 Å². The summed E-state index contributed by atoms with van der Waals surface area (Å²) in [7, 11) is 0. The van der Waals surface area contributed by atoms with Gasteiger partial charge in [-0.3, -0.25) is 9.59 Å². The molecule has 6 nitrogen and oxygen atoms in total. The van der Waals surface area contributed by atoms with Crippen LogP contribution in [0.1, 0.15) is 78.1 Å². The van der Waals surface area contributed by atoms with Gasteiger partial charge in [0.1, 0.15) is 12.2 Å². The highest BCUT2D eigenvalue weighted by molar-refractivity contribution is 6.01. The van der Waals surface area contributed by atoms with Crippen molar-refractivity contribution in [1.82, 2.24) is 0 Å². The molecule has 0 spiro atoms. The minimum absolute atomic E-state index is 0.00669. The zero-order valence-electron chi connectivity index (χ0n) is 20.5. The Morgan fingerprint density at radius 3 is 2.62 bits per heavy atom. The first-order valence-corrected chi connectivity index (χ1v) is 13.3. The lowest BCUT2D eigenvalue weighted by atomic mass is 9.46. The molecule has 0 amide bonds. The summed E-state index contributed by atoms with van der Waals surface area (Å²) in [5.74, 6) is -0.0642. The third kappa shape index (κ3) is 3.43. The Balaban J connectivity index is 1.49. The van der Waals surface area contributed by atoms with Crippen molar-refractivity contribution in [2.75, 3.05) is 6.61 Å². The number of carbonyl (C=O) groups excluding carboxylic acids is 2. The molecule has 0 aromatic carbocycles. The van der Waals surface area contributed by atoms with Gasteiger partial charge in [-0.1, -0.05) is 44.8 Å². The summed E-state index contributed by atoms with van der Waals surface area (Å²) in [6.07, 6.45) is 12.0. The summed E-state index contributed by atoms with van der Waals surface area (Å²) in [6, 6.07) is 0. The van der Waals surface area contributed by atoms with Gasteiger partial charge >= 0.3 is 0 Å². The van der Waals surface area contributed by atoms with Crippen molar-refractivity contribution in [3.05, 3.63) is 23.8 Å². The second-order valence-electron chi connectivity index (χ2n) is 12.1. The number of hydrogen-bond donors (Lipinski definition) is 3. The van der Waals surface area contributed by atoms with Crippen LogP contribution in [-0.2, 0) is 14.3 Å². The number of Topliss-reactive ketones (excluding diaryl/α,β-unsaturated/α-hetero) is 1. The summed E-state index contributed by atoms with van der Waals surface area (Å²) in [4.78, 5) is 25.4. The molecule has 0 radical (unpaired) electrons. The molecule has 5 aliphatic carbocycles. The van der Waals surface area contributed by atoms with Crippen molar-refractivity contribution < 1.29 is 29.6 Å². The lowest BCUT2D eigenvalue weighted by Gasteiger charge is -2.60. The third-order valence-electron chi connectivity index (χ3n) is 10.6. The van der Waals surface area contributed by atoms with Crippen LogP contribution >= 0.6 is 0 Å². The fraction of sp³-hybridized carbons (Fsp3) is 0.786. The third-order valence-corrected chi connectivity index (χ3v) is 10.6. The van der Waals surface area contributed by atoms with Crippen molar-refractivity contribution >= 4 is 11.6 Å². The van der Waals surface area contributed by atoms with Gasteiger partial charge in [0.2, 0.25) is 0 Å². The molecule has 3 N–H and O–H groups in total. The standard InChI is InChI=1S/C28H40O6/c1-26-12-10-19(30)14-18(26)8-9-20-21-11-13-28(23(32)16-29,27(21,2)15-22(31)24(20)26)34-25(33)17-6-4-3-5-7-17/h10,12,14,17,20-22,24-25,29,31,33H,3-9,11,13,15-16H2,1-2H3/t20?,21?,22-,24?,25+,26-,27-,28-/m0/s1. The average Bonchev–Trinajstić information content (AvgIpc) is 3.11. The quantitative estimate of drug-likeness (QED) is 0.529. The van der Waals surface area contributed by atoms with E-state index in [0.717, 1.165) is 56.9 Å². The minimum atomic E-state index is -1.29. The van der Waals surface area contributed by atoms with Crippen LogP contribution in [0.5, 0.6) is 0 Å². The highest BCUT2D eigenvalue weighted by Gasteiger charge is 2.69. The van der Waals surface area contributed by atoms with Gasteiger partial charge in [-0.05, 0) is 68.9 Å². The number of allylic oxidation sites excluding steroid dienone is 4. The minimum Gasteiger partial charge on any atom is -0.393 e. The Labute approximate surface area is 202 Å². The molecule has 5 aliphatic rings. The van der Waals surface area contributed by atoms with E-state index in [4.69, 9.17) is 4.74 Å².